The van der Waals surface area contributed by atoms with Crippen LogP contribution in [0.1, 0.15) is 12.0 Å². The van der Waals surface area contributed by atoms with E-state index in [0.717, 1.165) is 58.1 Å². The van der Waals surface area contributed by atoms with Crippen molar-refractivity contribution in [1.29, 1.82) is 0 Å². The molecular weight excluding hydrogens is 364 g/mol. The number of aromatic nitrogens is 2. The van der Waals surface area contributed by atoms with E-state index in [1.165, 1.54) is 22.7 Å². The second-order valence-corrected chi connectivity index (χ2v) is 7.37. The maximum Gasteiger partial charge on any atom is 0.197 e. The number of nitrogen functional groups attached to an aromatic ring is 1. The van der Waals surface area contributed by atoms with E-state index in [0.29, 0.717) is 5.69 Å². The lowest BCUT2D eigenvalue weighted by Gasteiger charge is -2.13. The number of benzene rings is 1. The number of terminal acetylenes is 1. The first-order valence-corrected chi connectivity index (χ1v) is 9.82. The molecule has 130 valence electrons. The van der Waals surface area contributed by atoms with Gasteiger partial charge in [0, 0.05) is 40.7 Å². The molecule has 26 heavy (non-hydrogen) atoms. The van der Waals surface area contributed by atoms with Gasteiger partial charge >= 0.3 is 0 Å². The van der Waals surface area contributed by atoms with Gasteiger partial charge in [-0.3, -0.25) is 4.99 Å². The van der Waals surface area contributed by atoms with Crippen LogP contribution in [0.4, 0.5) is 10.8 Å². The topological polar surface area (TPSA) is 88.2 Å². The first kappa shape index (κ1) is 16.6. The molecule has 0 atom stereocenters. The smallest absolute Gasteiger partial charge is 0.197 e. The van der Waals surface area contributed by atoms with Gasteiger partial charge in [-0.05, 0) is 24.6 Å². The van der Waals surface area contributed by atoms with Crippen molar-refractivity contribution in [3.05, 3.63) is 34.5 Å². The molecule has 1 aliphatic heterocycles. The first-order chi connectivity index (χ1) is 12.7. The van der Waals surface area contributed by atoms with E-state index in [1.807, 2.05) is 22.9 Å². The molecule has 0 bridgehead atoms. The quantitative estimate of drug-likeness (QED) is 0.479. The van der Waals surface area contributed by atoms with Crippen molar-refractivity contribution in [3.8, 4) is 34.3 Å². The van der Waals surface area contributed by atoms with Crippen LogP contribution in [0, 0.1) is 12.3 Å². The molecule has 0 amide bonds. The summed E-state index contributed by atoms with van der Waals surface area (Å²) < 4.78 is 0. The lowest BCUT2D eigenvalue weighted by Crippen LogP contribution is -2.35. The van der Waals surface area contributed by atoms with Crippen LogP contribution in [0.25, 0.3) is 22.0 Å². The van der Waals surface area contributed by atoms with Gasteiger partial charge < -0.3 is 16.4 Å². The summed E-state index contributed by atoms with van der Waals surface area (Å²) in [5, 5.41) is 12.0. The van der Waals surface area contributed by atoms with Crippen LogP contribution in [-0.2, 0) is 0 Å². The van der Waals surface area contributed by atoms with Crippen LogP contribution >= 0.6 is 22.7 Å². The third-order valence-corrected chi connectivity index (χ3v) is 5.48. The zero-order valence-electron chi connectivity index (χ0n) is 13.8. The second kappa shape index (κ2) is 7.15. The van der Waals surface area contributed by atoms with Gasteiger partial charge in [0.1, 0.15) is 16.4 Å². The lowest BCUT2D eigenvalue weighted by atomic mass is 10.1. The van der Waals surface area contributed by atoms with Crippen molar-refractivity contribution in [2.45, 2.75) is 6.42 Å². The van der Waals surface area contributed by atoms with Gasteiger partial charge in [-0.15, -0.1) is 29.1 Å². The molecule has 0 saturated carbocycles. The summed E-state index contributed by atoms with van der Waals surface area (Å²) >= 11 is 3.06. The maximum atomic E-state index is 6.11. The minimum absolute atomic E-state index is 0.628. The Morgan fingerprint density at radius 1 is 1.19 bits per heavy atom. The summed E-state index contributed by atoms with van der Waals surface area (Å²) in [6.07, 6.45) is 6.47. The number of hydrogen-bond acceptors (Lipinski definition) is 8. The number of nitrogens with two attached hydrogens (primary N) is 1. The predicted molar refractivity (Wildman–Crippen MR) is 110 cm³/mol. The summed E-state index contributed by atoms with van der Waals surface area (Å²) in [4.78, 5) is 13.7. The van der Waals surface area contributed by atoms with Gasteiger partial charge in [-0.25, -0.2) is 9.97 Å². The summed E-state index contributed by atoms with van der Waals surface area (Å²) in [7, 11) is 0. The van der Waals surface area contributed by atoms with Crippen LogP contribution in [0.2, 0.25) is 0 Å². The standard InChI is InChI=1S/C18H16N6S2/c1-2-11-4-5-12(13(19)8-11)16-22-14(9-25-16)15-10-26-18(23-15)24-17-20-6-3-7-21-17/h1,4-5,8-10H,3,6-7,19H2,(H2,20,21,23,24). The fourth-order valence-electron chi connectivity index (χ4n) is 2.53. The van der Waals surface area contributed by atoms with Crippen LogP contribution < -0.4 is 16.4 Å². The zero-order valence-corrected chi connectivity index (χ0v) is 15.5. The molecule has 0 aliphatic carbocycles. The number of aliphatic imine (C=N–C) groups is 1. The molecular formula is C18H16N6S2. The Kier molecular flexibility index (Phi) is 4.56. The number of rotatable bonds is 3. The minimum Gasteiger partial charge on any atom is -0.398 e. The number of hydrogen-bond donors (Lipinski definition) is 3. The monoisotopic (exact) mass is 380 g/mol. The van der Waals surface area contributed by atoms with Crippen molar-refractivity contribution >= 4 is 39.5 Å². The van der Waals surface area contributed by atoms with Gasteiger partial charge in [0.25, 0.3) is 0 Å². The Bertz CT molecular complexity index is 1010. The molecule has 0 saturated heterocycles. The van der Waals surface area contributed by atoms with Crippen LogP contribution in [-0.4, -0.2) is 29.0 Å². The Morgan fingerprint density at radius 3 is 2.81 bits per heavy atom. The Labute approximate surface area is 159 Å². The van der Waals surface area contributed by atoms with Crippen molar-refractivity contribution in [3.63, 3.8) is 0 Å². The number of nitrogens with one attached hydrogen (secondary N) is 2. The van der Waals surface area contributed by atoms with Gasteiger partial charge in [-0.2, -0.15) is 0 Å². The van der Waals surface area contributed by atoms with Gasteiger partial charge in [0.05, 0.1) is 0 Å². The fourth-order valence-corrected chi connectivity index (χ4v) is 4.09. The summed E-state index contributed by atoms with van der Waals surface area (Å²) in [6, 6.07) is 5.57. The molecule has 3 heterocycles. The van der Waals surface area contributed by atoms with Crippen molar-refractivity contribution in [2.75, 3.05) is 24.1 Å². The average molecular weight is 381 g/mol. The third-order valence-electron chi connectivity index (χ3n) is 3.84. The Balaban J connectivity index is 1.55. The summed E-state index contributed by atoms with van der Waals surface area (Å²) in [5.41, 5.74) is 10.0. The highest BCUT2D eigenvalue weighted by Crippen LogP contribution is 2.33. The van der Waals surface area contributed by atoms with Gasteiger partial charge in [0.15, 0.2) is 11.1 Å². The minimum atomic E-state index is 0.628. The van der Waals surface area contributed by atoms with Crippen molar-refractivity contribution in [1.82, 2.24) is 15.3 Å². The Morgan fingerprint density at radius 2 is 2.04 bits per heavy atom. The third kappa shape index (κ3) is 3.40. The first-order valence-electron chi connectivity index (χ1n) is 8.06. The van der Waals surface area contributed by atoms with Crippen LogP contribution in [0.3, 0.4) is 0 Å². The predicted octanol–water partition coefficient (Wildman–Crippen LogP) is 3.26. The summed E-state index contributed by atoms with van der Waals surface area (Å²) in [5.74, 6) is 3.36. The largest absolute Gasteiger partial charge is 0.398 e. The lowest BCUT2D eigenvalue weighted by molar-refractivity contribution is 0.740. The molecule has 0 unspecified atom stereocenters. The molecule has 1 aliphatic rings. The van der Waals surface area contributed by atoms with Gasteiger partial charge in [-0.1, -0.05) is 5.92 Å². The fraction of sp³-hybridized carbons (Fsp3) is 0.167. The molecule has 0 fully saturated rings. The molecule has 1 aromatic carbocycles. The molecule has 6 nitrogen and oxygen atoms in total. The normalized spacial score (nSPS) is 13.6. The van der Waals surface area contributed by atoms with E-state index >= 15 is 0 Å². The molecule has 0 radical (unpaired) electrons. The van der Waals surface area contributed by atoms with Crippen LogP contribution in [0.15, 0.2) is 34.0 Å². The van der Waals surface area contributed by atoms with E-state index in [1.54, 1.807) is 6.07 Å². The van der Waals surface area contributed by atoms with Crippen molar-refractivity contribution < 1.29 is 0 Å². The molecule has 2 aromatic heterocycles. The molecule has 0 spiro atoms. The highest BCUT2D eigenvalue weighted by molar-refractivity contribution is 7.14. The highest BCUT2D eigenvalue weighted by Gasteiger charge is 2.13. The van der Waals surface area contributed by atoms with E-state index in [9.17, 15) is 0 Å². The van der Waals surface area contributed by atoms with Gasteiger partial charge in [0.2, 0.25) is 0 Å². The van der Waals surface area contributed by atoms with Crippen molar-refractivity contribution in [2.24, 2.45) is 4.99 Å². The van der Waals surface area contributed by atoms with E-state index < -0.39 is 0 Å². The molecule has 3 aromatic rings. The zero-order chi connectivity index (χ0) is 17.9. The summed E-state index contributed by atoms with van der Waals surface area (Å²) in [6.45, 7) is 1.77. The maximum absolute atomic E-state index is 6.11. The highest BCUT2D eigenvalue weighted by atomic mass is 32.1. The number of nitrogens with zero attached hydrogens (tertiary/aromatic N) is 3. The molecule has 4 N–H and O–H groups in total. The number of thiazole rings is 2. The van der Waals surface area contributed by atoms with E-state index in [2.05, 4.69) is 31.5 Å². The van der Waals surface area contributed by atoms with E-state index in [-0.39, 0.29) is 0 Å². The SMILES string of the molecule is C#Cc1ccc(-c2nc(-c3csc(NC4=NCCCN4)n3)cs2)c(N)c1. The van der Waals surface area contributed by atoms with Crippen LogP contribution in [0.5, 0.6) is 0 Å². The Hall–Kier alpha value is -2.89. The average Bonchev–Trinajstić information content (AvgIpc) is 3.32. The van der Waals surface area contributed by atoms with E-state index in [4.69, 9.17) is 12.2 Å². The molecule has 4 rings (SSSR count). The molecule has 8 heteroatoms. The number of guanidine groups is 1. The number of anilines is 2. The second-order valence-electron chi connectivity index (χ2n) is 5.66.